The molecule has 0 aliphatic carbocycles. The van der Waals surface area contributed by atoms with Crippen molar-refractivity contribution in [2.24, 2.45) is 7.05 Å². The molecular formula is C27H31NO6. The quantitative estimate of drug-likeness (QED) is 0.583. The number of hydrogen-bond donors (Lipinski definition) is 1. The molecule has 0 fully saturated rings. The van der Waals surface area contributed by atoms with Crippen molar-refractivity contribution in [3.05, 3.63) is 57.5 Å². The first-order valence-electron chi connectivity index (χ1n) is 11.4. The molecule has 7 nitrogen and oxygen atoms in total. The second kappa shape index (κ2) is 8.80. The number of nitrogens with zero attached hydrogens (tertiary/aromatic N) is 1. The Morgan fingerprint density at radius 3 is 2.56 bits per heavy atom. The molecule has 0 amide bonds. The Hall–Kier alpha value is -3.32. The number of ether oxygens (including phenoxy) is 3. The summed E-state index contributed by atoms with van der Waals surface area (Å²) in [6, 6.07) is 9.18. The summed E-state index contributed by atoms with van der Waals surface area (Å²) in [4.78, 5) is 25.9. The normalized spacial score (nSPS) is 14.4. The summed E-state index contributed by atoms with van der Waals surface area (Å²) in [5.74, 6) is 0.253. The molecule has 0 unspecified atom stereocenters. The van der Waals surface area contributed by atoms with Crippen LogP contribution in [0.25, 0.3) is 21.9 Å². The molecular weight excluding hydrogens is 434 g/mol. The van der Waals surface area contributed by atoms with Crippen LogP contribution in [0.5, 0.6) is 11.5 Å². The molecule has 1 N–H and O–H groups in total. The van der Waals surface area contributed by atoms with E-state index < -0.39 is 17.7 Å². The van der Waals surface area contributed by atoms with E-state index in [-0.39, 0.29) is 5.56 Å². The van der Waals surface area contributed by atoms with Gasteiger partial charge in [-0.2, -0.15) is 0 Å². The van der Waals surface area contributed by atoms with Gasteiger partial charge in [-0.1, -0.05) is 6.07 Å². The number of carboxylic acid groups (broad SMARTS) is 1. The van der Waals surface area contributed by atoms with Gasteiger partial charge in [-0.15, -0.1) is 0 Å². The lowest BCUT2D eigenvalue weighted by atomic mass is 9.88. The topological polar surface area (TPSA) is 87.0 Å². The average molecular weight is 466 g/mol. The summed E-state index contributed by atoms with van der Waals surface area (Å²) in [5, 5.41) is 11.3. The predicted molar refractivity (Wildman–Crippen MR) is 131 cm³/mol. The number of carbonyl (C=O) groups is 1. The van der Waals surface area contributed by atoms with Crippen molar-refractivity contribution < 1.29 is 24.1 Å². The zero-order valence-electron chi connectivity index (χ0n) is 20.5. The van der Waals surface area contributed by atoms with E-state index in [0.29, 0.717) is 34.4 Å². The minimum absolute atomic E-state index is 0.310. The van der Waals surface area contributed by atoms with Crippen molar-refractivity contribution in [3.63, 3.8) is 0 Å². The van der Waals surface area contributed by atoms with Gasteiger partial charge in [0.15, 0.2) is 6.10 Å². The summed E-state index contributed by atoms with van der Waals surface area (Å²) in [7, 11) is 3.14. The highest BCUT2D eigenvalue weighted by Gasteiger charge is 2.33. The van der Waals surface area contributed by atoms with E-state index in [2.05, 4.69) is 0 Å². The maximum absolute atomic E-state index is 13.4. The van der Waals surface area contributed by atoms with Crippen LogP contribution in [0, 0.1) is 6.92 Å². The molecule has 2 aromatic carbocycles. The Morgan fingerprint density at radius 1 is 1.18 bits per heavy atom. The first-order valence-corrected chi connectivity index (χ1v) is 11.4. The molecule has 0 bridgehead atoms. The van der Waals surface area contributed by atoms with Gasteiger partial charge in [0, 0.05) is 12.6 Å². The largest absolute Gasteiger partial charge is 0.497 e. The maximum atomic E-state index is 13.4. The molecule has 0 saturated carbocycles. The van der Waals surface area contributed by atoms with Crippen molar-refractivity contribution in [1.29, 1.82) is 0 Å². The number of methoxy groups -OCH3 is 1. The third kappa shape index (κ3) is 4.16. The lowest BCUT2D eigenvalue weighted by Gasteiger charge is -2.29. The molecule has 7 heteroatoms. The molecule has 0 saturated heterocycles. The second-order valence-electron chi connectivity index (χ2n) is 9.65. The minimum Gasteiger partial charge on any atom is -0.497 e. The number of aromatic nitrogens is 1. The fourth-order valence-electron chi connectivity index (χ4n) is 4.69. The molecule has 2 heterocycles. The molecule has 0 radical (unpaired) electrons. The van der Waals surface area contributed by atoms with Crippen LogP contribution in [0.15, 0.2) is 35.1 Å². The van der Waals surface area contributed by atoms with Gasteiger partial charge in [0.25, 0.3) is 5.56 Å². The van der Waals surface area contributed by atoms with E-state index in [9.17, 15) is 14.7 Å². The summed E-state index contributed by atoms with van der Waals surface area (Å²) in [5.41, 5.74) is 2.89. The molecule has 4 rings (SSSR count). The van der Waals surface area contributed by atoms with E-state index in [1.54, 1.807) is 47.1 Å². The Labute approximate surface area is 198 Å². The van der Waals surface area contributed by atoms with Crippen LogP contribution in [-0.2, 0) is 23.0 Å². The van der Waals surface area contributed by atoms with Crippen molar-refractivity contribution >= 4 is 16.7 Å². The number of rotatable bonds is 5. The van der Waals surface area contributed by atoms with Crippen molar-refractivity contribution in [2.45, 2.75) is 52.2 Å². The fraction of sp³-hybridized carbons (Fsp3) is 0.407. The van der Waals surface area contributed by atoms with Crippen LogP contribution >= 0.6 is 0 Å². The van der Waals surface area contributed by atoms with Crippen molar-refractivity contribution in [2.75, 3.05) is 13.7 Å². The summed E-state index contributed by atoms with van der Waals surface area (Å²) in [6.07, 6.45) is 0.453. The van der Waals surface area contributed by atoms with Gasteiger partial charge < -0.3 is 23.9 Å². The smallest absolute Gasteiger partial charge is 0.339 e. The summed E-state index contributed by atoms with van der Waals surface area (Å²) >= 11 is 0. The minimum atomic E-state index is -1.34. The third-order valence-electron chi connectivity index (χ3n) is 6.25. The zero-order valence-corrected chi connectivity index (χ0v) is 20.5. The van der Waals surface area contributed by atoms with Crippen LogP contribution in [0.2, 0.25) is 0 Å². The molecule has 3 aromatic rings. The van der Waals surface area contributed by atoms with Gasteiger partial charge >= 0.3 is 5.97 Å². The SMILES string of the molecule is COc1ccc2c(-c3ccc4c(c3C)CCCO4)c([C@H](OC(C)(C)C)C(=O)O)n(C)c(=O)c2c1. The Kier molecular flexibility index (Phi) is 6.16. The predicted octanol–water partition coefficient (Wildman–Crippen LogP) is 4.79. The maximum Gasteiger partial charge on any atom is 0.339 e. The number of hydrogen-bond acceptors (Lipinski definition) is 5. The molecule has 34 heavy (non-hydrogen) atoms. The zero-order chi connectivity index (χ0) is 24.8. The highest BCUT2D eigenvalue weighted by Crippen LogP contribution is 2.42. The van der Waals surface area contributed by atoms with Gasteiger partial charge in [-0.25, -0.2) is 4.79 Å². The van der Waals surface area contributed by atoms with Crippen LogP contribution in [0.1, 0.15) is 50.1 Å². The number of fused-ring (bicyclic) bond motifs is 2. The standard InChI is InChI=1S/C27H31NO6/c1-15-17-8-7-13-33-21(17)12-11-18(15)22-19-10-9-16(32-6)14-20(19)25(29)28(5)23(22)24(26(30)31)34-27(2,3)4/h9-12,14,24H,7-8,13H2,1-6H3,(H,30,31)/t24-/m0/s1. The van der Waals surface area contributed by atoms with Crippen LogP contribution < -0.4 is 15.0 Å². The van der Waals surface area contributed by atoms with E-state index >= 15 is 0 Å². The van der Waals surface area contributed by atoms with Crippen LogP contribution in [-0.4, -0.2) is 35.0 Å². The molecule has 180 valence electrons. The fourth-order valence-corrected chi connectivity index (χ4v) is 4.69. The Bertz CT molecular complexity index is 1330. The monoisotopic (exact) mass is 465 g/mol. The van der Waals surface area contributed by atoms with Gasteiger partial charge in [0.2, 0.25) is 0 Å². The number of pyridine rings is 1. The second-order valence-corrected chi connectivity index (χ2v) is 9.65. The first-order chi connectivity index (χ1) is 16.0. The number of carboxylic acids is 1. The van der Waals surface area contributed by atoms with E-state index in [1.807, 2.05) is 25.1 Å². The average Bonchev–Trinajstić information content (AvgIpc) is 2.80. The summed E-state index contributed by atoms with van der Waals surface area (Å²) < 4.78 is 18.6. The van der Waals surface area contributed by atoms with Gasteiger partial charge in [-0.05, 0) is 86.9 Å². The van der Waals surface area contributed by atoms with Gasteiger partial charge in [0.05, 0.1) is 30.4 Å². The van der Waals surface area contributed by atoms with E-state index in [1.165, 1.54) is 4.57 Å². The molecule has 0 spiro atoms. The van der Waals surface area contributed by atoms with Crippen LogP contribution in [0.3, 0.4) is 0 Å². The van der Waals surface area contributed by atoms with E-state index in [0.717, 1.165) is 35.3 Å². The third-order valence-corrected chi connectivity index (χ3v) is 6.25. The summed E-state index contributed by atoms with van der Waals surface area (Å²) in [6.45, 7) is 8.10. The number of aliphatic carboxylic acids is 1. The van der Waals surface area contributed by atoms with Gasteiger partial charge in [-0.3, -0.25) is 4.79 Å². The van der Waals surface area contributed by atoms with E-state index in [4.69, 9.17) is 14.2 Å². The highest BCUT2D eigenvalue weighted by atomic mass is 16.5. The Morgan fingerprint density at radius 2 is 1.91 bits per heavy atom. The van der Waals surface area contributed by atoms with Crippen molar-refractivity contribution in [3.8, 4) is 22.6 Å². The first kappa shape index (κ1) is 23.8. The lowest BCUT2D eigenvalue weighted by molar-refractivity contribution is -0.161. The molecule has 1 aromatic heterocycles. The van der Waals surface area contributed by atoms with Crippen molar-refractivity contribution in [1.82, 2.24) is 4.57 Å². The molecule has 1 aliphatic rings. The lowest BCUT2D eigenvalue weighted by Crippen LogP contribution is -2.33. The molecule has 1 aliphatic heterocycles. The van der Waals surface area contributed by atoms with Gasteiger partial charge in [0.1, 0.15) is 11.5 Å². The Balaban J connectivity index is 2.14. The number of benzene rings is 2. The molecule has 1 atom stereocenters. The highest BCUT2D eigenvalue weighted by molar-refractivity contribution is 6.00. The van der Waals surface area contributed by atoms with Crippen LogP contribution in [0.4, 0.5) is 0 Å².